The lowest BCUT2D eigenvalue weighted by Gasteiger charge is -1.98. The van der Waals surface area contributed by atoms with Crippen molar-refractivity contribution in [3.05, 3.63) is 70.1 Å². The molecule has 0 aliphatic rings. The van der Waals surface area contributed by atoms with Gasteiger partial charge < -0.3 is 4.42 Å². The van der Waals surface area contributed by atoms with Gasteiger partial charge in [-0.05, 0) is 42.2 Å². The van der Waals surface area contributed by atoms with E-state index >= 15 is 0 Å². The number of benzene rings is 2. The second-order valence-electron chi connectivity index (χ2n) is 4.98. The number of hydrogen-bond donors (Lipinski definition) is 0. The SMILES string of the molecule is CSc1ccc(/C=C(\Cl)c2nnc(-c3ccc([N+](=O)[O-])cc3)o2)cc1. The second kappa shape index (κ2) is 7.50. The van der Waals surface area contributed by atoms with Gasteiger partial charge in [-0.1, -0.05) is 23.7 Å². The monoisotopic (exact) mass is 373 g/mol. The summed E-state index contributed by atoms with van der Waals surface area (Å²) in [5.41, 5.74) is 1.49. The Labute approximate surface area is 152 Å². The Hall–Kier alpha value is -2.64. The summed E-state index contributed by atoms with van der Waals surface area (Å²) in [6.45, 7) is 0. The molecule has 0 N–H and O–H groups in total. The number of halogens is 1. The topological polar surface area (TPSA) is 82.1 Å². The molecule has 0 aliphatic carbocycles. The van der Waals surface area contributed by atoms with Crippen molar-refractivity contribution in [3.63, 3.8) is 0 Å². The summed E-state index contributed by atoms with van der Waals surface area (Å²) >= 11 is 7.91. The van der Waals surface area contributed by atoms with E-state index < -0.39 is 4.92 Å². The van der Waals surface area contributed by atoms with E-state index in [9.17, 15) is 10.1 Å². The molecule has 0 radical (unpaired) electrons. The fourth-order valence-electron chi connectivity index (χ4n) is 2.07. The lowest BCUT2D eigenvalue weighted by molar-refractivity contribution is -0.384. The third kappa shape index (κ3) is 4.07. The largest absolute Gasteiger partial charge is 0.415 e. The highest BCUT2D eigenvalue weighted by Crippen LogP contribution is 2.26. The van der Waals surface area contributed by atoms with Gasteiger partial charge in [0.25, 0.3) is 11.6 Å². The Kier molecular flexibility index (Phi) is 5.16. The Bertz CT molecular complexity index is 921. The molecule has 3 rings (SSSR count). The third-order valence-electron chi connectivity index (χ3n) is 3.36. The smallest absolute Gasteiger partial charge is 0.269 e. The van der Waals surface area contributed by atoms with E-state index in [2.05, 4.69) is 10.2 Å². The maximum absolute atomic E-state index is 10.7. The van der Waals surface area contributed by atoms with Crippen LogP contribution in [0.15, 0.2) is 57.8 Å². The van der Waals surface area contributed by atoms with Crippen molar-refractivity contribution in [1.82, 2.24) is 10.2 Å². The van der Waals surface area contributed by atoms with E-state index in [4.69, 9.17) is 16.0 Å². The van der Waals surface area contributed by atoms with Crippen molar-refractivity contribution in [2.45, 2.75) is 4.90 Å². The van der Waals surface area contributed by atoms with Crippen molar-refractivity contribution >= 4 is 40.2 Å². The Morgan fingerprint density at radius 2 is 1.84 bits per heavy atom. The lowest BCUT2D eigenvalue weighted by atomic mass is 10.2. The molecule has 0 saturated carbocycles. The molecule has 0 unspecified atom stereocenters. The fourth-order valence-corrected chi connectivity index (χ4v) is 2.68. The Morgan fingerprint density at radius 1 is 1.16 bits per heavy atom. The third-order valence-corrected chi connectivity index (χ3v) is 4.38. The highest BCUT2D eigenvalue weighted by Gasteiger charge is 2.13. The van der Waals surface area contributed by atoms with Crippen molar-refractivity contribution in [1.29, 1.82) is 0 Å². The number of thioether (sulfide) groups is 1. The highest BCUT2D eigenvalue weighted by atomic mass is 35.5. The van der Waals surface area contributed by atoms with Crippen molar-refractivity contribution in [2.24, 2.45) is 0 Å². The maximum atomic E-state index is 10.7. The van der Waals surface area contributed by atoms with Crippen LogP contribution in [0.3, 0.4) is 0 Å². The van der Waals surface area contributed by atoms with Crippen LogP contribution in [-0.2, 0) is 0 Å². The van der Waals surface area contributed by atoms with Crippen LogP contribution in [0, 0.1) is 10.1 Å². The lowest BCUT2D eigenvalue weighted by Crippen LogP contribution is -1.87. The molecular weight excluding hydrogens is 362 g/mol. The first-order chi connectivity index (χ1) is 12.1. The molecule has 1 heterocycles. The average molecular weight is 374 g/mol. The molecule has 25 heavy (non-hydrogen) atoms. The van der Waals surface area contributed by atoms with Gasteiger partial charge in [-0.3, -0.25) is 10.1 Å². The van der Waals surface area contributed by atoms with E-state index in [1.165, 1.54) is 12.1 Å². The van der Waals surface area contributed by atoms with Crippen molar-refractivity contribution < 1.29 is 9.34 Å². The summed E-state index contributed by atoms with van der Waals surface area (Å²) in [6.07, 6.45) is 3.74. The molecule has 0 amide bonds. The van der Waals surface area contributed by atoms with Crippen LogP contribution in [-0.4, -0.2) is 21.4 Å². The molecule has 0 saturated heterocycles. The number of rotatable bonds is 5. The van der Waals surface area contributed by atoms with Crippen LogP contribution in [0.1, 0.15) is 11.5 Å². The first-order valence-electron chi connectivity index (χ1n) is 7.17. The standard InChI is InChI=1S/C17H12ClN3O3S/c1-25-14-8-2-11(3-9-14)10-15(18)17-20-19-16(24-17)12-4-6-13(7-5-12)21(22)23/h2-10H,1H3/b15-10-. The molecule has 2 aromatic carbocycles. The van der Waals surface area contributed by atoms with Crippen LogP contribution in [0.25, 0.3) is 22.6 Å². The first kappa shape index (κ1) is 17.2. The number of nitrogens with zero attached hydrogens (tertiary/aromatic N) is 3. The minimum absolute atomic E-state index is 0.00453. The van der Waals surface area contributed by atoms with Gasteiger partial charge in [-0.2, -0.15) is 0 Å². The van der Waals surface area contributed by atoms with Gasteiger partial charge in [-0.15, -0.1) is 22.0 Å². The summed E-state index contributed by atoms with van der Waals surface area (Å²) < 4.78 is 5.55. The van der Waals surface area contributed by atoms with Gasteiger partial charge in [0.05, 0.1) is 4.92 Å². The number of hydrogen-bond acceptors (Lipinski definition) is 6. The minimum Gasteiger partial charge on any atom is -0.415 e. The molecule has 0 fully saturated rings. The Balaban J connectivity index is 1.81. The maximum Gasteiger partial charge on any atom is 0.269 e. The highest BCUT2D eigenvalue weighted by molar-refractivity contribution is 7.98. The van der Waals surface area contributed by atoms with Crippen LogP contribution in [0.5, 0.6) is 0 Å². The van der Waals surface area contributed by atoms with Crippen LogP contribution < -0.4 is 0 Å². The number of aromatic nitrogens is 2. The zero-order valence-corrected chi connectivity index (χ0v) is 14.6. The van der Waals surface area contributed by atoms with Gasteiger partial charge in [0, 0.05) is 22.6 Å². The fraction of sp³-hybridized carbons (Fsp3) is 0.0588. The van der Waals surface area contributed by atoms with Crippen LogP contribution >= 0.6 is 23.4 Å². The van der Waals surface area contributed by atoms with E-state index in [1.54, 1.807) is 30.0 Å². The molecule has 6 nitrogen and oxygen atoms in total. The van der Waals surface area contributed by atoms with Gasteiger partial charge in [-0.25, -0.2) is 0 Å². The molecule has 1 aromatic heterocycles. The Morgan fingerprint density at radius 3 is 2.44 bits per heavy atom. The van der Waals surface area contributed by atoms with E-state index in [1.807, 2.05) is 30.5 Å². The first-order valence-corrected chi connectivity index (χ1v) is 8.77. The normalized spacial score (nSPS) is 11.5. The molecule has 0 bridgehead atoms. The summed E-state index contributed by atoms with van der Waals surface area (Å²) in [4.78, 5) is 11.4. The number of nitro groups is 1. The summed E-state index contributed by atoms with van der Waals surface area (Å²) in [6, 6.07) is 13.7. The molecule has 126 valence electrons. The van der Waals surface area contributed by atoms with E-state index in [-0.39, 0.29) is 17.5 Å². The molecule has 0 atom stereocenters. The zero-order chi connectivity index (χ0) is 17.8. The number of non-ortho nitro benzene ring substituents is 1. The molecule has 0 aliphatic heterocycles. The summed E-state index contributed by atoms with van der Waals surface area (Å²) in [5.74, 6) is 0.429. The van der Waals surface area contributed by atoms with E-state index in [0.29, 0.717) is 10.6 Å². The van der Waals surface area contributed by atoms with E-state index in [0.717, 1.165) is 10.5 Å². The molecular formula is C17H12ClN3O3S. The molecule has 8 heteroatoms. The van der Waals surface area contributed by atoms with Crippen molar-refractivity contribution in [3.8, 4) is 11.5 Å². The quantitative estimate of drug-likeness (QED) is 0.351. The molecule has 3 aromatic rings. The van der Waals surface area contributed by atoms with Gasteiger partial charge in [0.2, 0.25) is 5.89 Å². The van der Waals surface area contributed by atoms with Gasteiger partial charge >= 0.3 is 0 Å². The predicted octanol–water partition coefficient (Wildman–Crippen LogP) is 5.10. The predicted molar refractivity (Wildman–Crippen MR) is 98.3 cm³/mol. The summed E-state index contributed by atoms with van der Waals surface area (Å²) in [7, 11) is 0. The second-order valence-corrected chi connectivity index (χ2v) is 6.27. The molecule has 0 spiro atoms. The number of nitro benzene ring substituents is 1. The van der Waals surface area contributed by atoms with Crippen LogP contribution in [0.2, 0.25) is 0 Å². The van der Waals surface area contributed by atoms with Crippen LogP contribution in [0.4, 0.5) is 5.69 Å². The van der Waals surface area contributed by atoms with Gasteiger partial charge in [0.1, 0.15) is 5.03 Å². The average Bonchev–Trinajstić information content (AvgIpc) is 3.13. The van der Waals surface area contributed by atoms with Crippen molar-refractivity contribution in [2.75, 3.05) is 6.26 Å². The zero-order valence-electron chi connectivity index (χ0n) is 13.0. The minimum atomic E-state index is -0.467. The van der Waals surface area contributed by atoms with Gasteiger partial charge in [0.15, 0.2) is 0 Å². The summed E-state index contributed by atoms with van der Waals surface area (Å²) in [5, 5.41) is 18.9.